The average Bonchev–Trinajstić information content (AvgIpc) is 2.50. The Morgan fingerprint density at radius 1 is 1.29 bits per heavy atom. The maximum absolute atomic E-state index is 13.5. The summed E-state index contributed by atoms with van der Waals surface area (Å²) < 4.78 is 13.5. The van der Waals surface area contributed by atoms with E-state index >= 15 is 0 Å². The number of aryl methyl sites for hydroxylation is 1. The van der Waals surface area contributed by atoms with E-state index in [9.17, 15) is 4.39 Å². The zero-order valence-corrected chi connectivity index (χ0v) is 15.0. The van der Waals surface area contributed by atoms with Crippen molar-refractivity contribution in [3.8, 4) is 0 Å². The van der Waals surface area contributed by atoms with Gasteiger partial charge in [0.25, 0.3) is 0 Å². The molecule has 0 saturated heterocycles. The van der Waals surface area contributed by atoms with E-state index < -0.39 is 0 Å². The molecule has 118 valence electrons. The molecule has 1 fully saturated rings. The molecule has 0 heterocycles. The van der Waals surface area contributed by atoms with Crippen LogP contribution in [0.15, 0.2) is 18.2 Å². The normalized spacial score (nSPS) is 26.0. The van der Waals surface area contributed by atoms with Crippen LogP contribution in [0.1, 0.15) is 63.0 Å². The highest BCUT2D eigenvalue weighted by molar-refractivity contribution is 9.09. The van der Waals surface area contributed by atoms with Gasteiger partial charge in [-0.2, -0.15) is 0 Å². The molecule has 2 rings (SSSR count). The Balaban J connectivity index is 2.01. The lowest BCUT2D eigenvalue weighted by atomic mass is 9.67. The van der Waals surface area contributed by atoms with Crippen molar-refractivity contribution in [1.82, 2.24) is 0 Å². The van der Waals surface area contributed by atoms with Crippen molar-refractivity contribution in [2.45, 2.75) is 65.2 Å². The standard InChI is InChI=1S/C19H28BrF/c1-3-4-5-16-8-10-19(14-20,11-9-16)13-17-12-18(21)7-6-15(17)2/h6-7,12,16H,3-5,8-11,13-14H2,1-2H3. The summed E-state index contributed by atoms with van der Waals surface area (Å²) in [4.78, 5) is 0. The Morgan fingerprint density at radius 2 is 2.00 bits per heavy atom. The van der Waals surface area contributed by atoms with Gasteiger partial charge in [0.2, 0.25) is 0 Å². The van der Waals surface area contributed by atoms with Crippen molar-refractivity contribution in [3.05, 3.63) is 35.1 Å². The van der Waals surface area contributed by atoms with Gasteiger partial charge in [-0.1, -0.05) is 48.2 Å². The number of unbranched alkanes of at least 4 members (excludes halogenated alkanes) is 1. The van der Waals surface area contributed by atoms with Gasteiger partial charge in [-0.15, -0.1) is 0 Å². The molecule has 1 saturated carbocycles. The topological polar surface area (TPSA) is 0 Å². The highest BCUT2D eigenvalue weighted by atomic mass is 79.9. The van der Waals surface area contributed by atoms with Gasteiger partial charge in [0.1, 0.15) is 5.82 Å². The third kappa shape index (κ3) is 4.55. The molecule has 0 nitrogen and oxygen atoms in total. The fourth-order valence-corrected chi connectivity index (χ4v) is 4.42. The van der Waals surface area contributed by atoms with Gasteiger partial charge in [0, 0.05) is 5.33 Å². The van der Waals surface area contributed by atoms with Crippen LogP contribution >= 0.6 is 15.9 Å². The largest absolute Gasteiger partial charge is 0.207 e. The average molecular weight is 355 g/mol. The molecule has 0 aromatic heterocycles. The first-order valence-electron chi connectivity index (χ1n) is 8.39. The molecule has 1 aliphatic rings. The van der Waals surface area contributed by atoms with E-state index in [0.717, 1.165) is 17.7 Å². The summed E-state index contributed by atoms with van der Waals surface area (Å²) in [6.45, 7) is 4.38. The SMILES string of the molecule is CCCCC1CCC(CBr)(Cc2cc(F)ccc2C)CC1. The van der Waals surface area contributed by atoms with Gasteiger partial charge in [-0.25, -0.2) is 4.39 Å². The van der Waals surface area contributed by atoms with E-state index in [1.54, 1.807) is 12.1 Å². The summed E-state index contributed by atoms with van der Waals surface area (Å²) in [5.74, 6) is 0.822. The van der Waals surface area contributed by atoms with Gasteiger partial charge >= 0.3 is 0 Å². The summed E-state index contributed by atoms with van der Waals surface area (Å²) in [5, 5.41) is 1.04. The lowest BCUT2D eigenvalue weighted by Gasteiger charge is -2.39. The van der Waals surface area contributed by atoms with E-state index in [0.29, 0.717) is 5.41 Å². The van der Waals surface area contributed by atoms with E-state index in [1.807, 2.05) is 6.07 Å². The third-order valence-electron chi connectivity index (χ3n) is 5.29. The summed E-state index contributed by atoms with van der Waals surface area (Å²) in [6, 6.07) is 5.23. The van der Waals surface area contributed by atoms with Crippen molar-refractivity contribution in [3.63, 3.8) is 0 Å². The first-order chi connectivity index (χ1) is 10.1. The van der Waals surface area contributed by atoms with Gasteiger partial charge in [0.15, 0.2) is 0 Å². The molecule has 1 aliphatic carbocycles. The molecule has 21 heavy (non-hydrogen) atoms. The molecular formula is C19H28BrF. The Morgan fingerprint density at radius 3 is 2.62 bits per heavy atom. The fourth-order valence-electron chi connectivity index (χ4n) is 3.66. The molecule has 0 radical (unpaired) electrons. The lowest BCUT2D eigenvalue weighted by Crippen LogP contribution is -2.31. The first-order valence-corrected chi connectivity index (χ1v) is 9.52. The zero-order chi connectivity index (χ0) is 15.3. The lowest BCUT2D eigenvalue weighted by molar-refractivity contribution is 0.168. The zero-order valence-electron chi connectivity index (χ0n) is 13.4. The van der Waals surface area contributed by atoms with Gasteiger partial charge in [0.05, 0.1) is 0 Å². The second-order valence-electron chi connectivity index (χ2n) is 6.97. The van der Waals surface area contributed by atoms with Crippen LogP contribution in [0.3, 0.4) is 0 Å². The van der Waals surface area contributed by atoms with E-state index in [-0.39, 0.29) is 5.82 Å². The summed E-state index contributed by atoms with van der Waals surface area (Å²) in [6.07, 6.45) is 10.3. The molecule has 0 aliphatic heterocycles. The van der Waals surface area contributed by atoms with E-state index in [2.05, 4.69) is 29.8 Å². The van der Waals surface area contributed by atoms with Crippen molar-refractivity contribution in [2.24, 2.45) is 11.3 Å². The predicted octanol–water partition coefficient (Wildman–Crippen LogP) is 6.44. The minimum absolute atomic E-state index is 0.100. The summed E-state index contributed by atoms with van der Waals surface area (Å²) in [5.41, 5.74) is 2.76. The second-order valence-corrected chi connectivity index (χ2v) is 7.53. The van der Waals surface area contributed by atoms with Gasteiger partial charge < -0.3 is 0 Å². The van der Waals surface area contributed by atoms with Gasteiger partial charge in [-0.05, 0) is 73.6 Å². The van der Waals surface area contributed by atoms with Crippen LogP contribution in [0, 0.1) is 24.1 Å². The highest BCUT2D eigenvalue weighted by Crippen LogP contribution is 2.44. The maximum atomic E-state index is 13.5. The van der Waals surface area contributed by atoms with Crippen LogP contribution in [0.4, 0.5) is 4.39 Å². The number of alkyl halides is 1. The molecule has 1 aromatic rings. The van der Waals surface area contributed by atoms with Crippen LogP contribution in [-0.2, 0) is 6.42 Å². The van der Waals surface area contributed by atoms with Gasteiger partial charge in [-0.3, -0.25) is 0 Å². The molecule has 1 aromatic carbocycles. The molecule has 0 atom stereocenters. The van der Waals surface area contributed by atoms with E-state index in [4.69, 9.17) is 0 Å². The van der Waals surface area contributed by atoms with Crippen LogP contribution in [0.2, 0.25) is 0 Å². The Hall–Kier alpha value is -0.370. The third-order valence-corrected chi connectivity index (χ3v) is 6.48. The van der Waals surface area contributed by atoms with Crippen molar-refractivity contribution in [2.75, 3.05) is 5.33 Å². The molecule has 0 spiro atoms. The molecular weight excluding hydrogens is 327 g/mol. The predicted molar refractivity (Wildman–Crippen MR) is 92.6 cm³/mol. The second kappa shape index (κ2) is 7.76. The number of halogens is 2. The van der Waals surface area contributed by atoms with Crippen molar-refractivity contribution in [1.29, 1.82) is 0 Å². The molecule has 0 unspecified atom stereocenters. The molecule has 2 heteroatoms. The Labute approximate surface area is 137 Å². The van der Waals surface area contributed by atoms with Crippen molar-refractivity contribution < 1.29 is 4.39 Å². The monoisotopic (exact) mass is 354 g/mol. The van der Waals surface area contributed by atoms with Crippen LogP contribution in [0.25, 0.3) is 0 Å². The first kappa shape index (κ1) is 17.0. The number of hydrogen-bond donors (Lipinski definition) is 0. The van der Waals surface area contributed by atoms with Crippen molar-refractivity contribution >= 4 is 15.9 Å². The minimum atomic E-state index is -0.100. The van der Waals surface area contributed by atoms with Crippen LogP contribution in [-0.4, -0.2) is 5.33 Å². The Kier molecular flexibility index (Phi) is 6.28. The Bertz CT molecular complexity index is 447. The summed E-state index contributed by atoms with van der Waals surface area (Å²) in [7, 11) is 0. The molecule has 0 amide bonds. The van der Waals surface area contributed by atoms with Crippen LogP contribution in [0.5, 0.6) is 0 Å². The fraction of sp³-hybridized carbons (Fsp3) is 0.684. The quantitative estimate of drug-likeness (QED) is 0.515. The highest BCUT2D eigenvalue weighted by Gasteiger charge is 2.34. The molecule has 0 bridgehead atoms. The number of hydrogen-bond acceptors (Lipinski definition) is 0. The van der Waals surface area contributed by atoms with Crippen LogP contribution < -0.4 is 0 Å². The number of benzene rings is 1. The van der Waals surface area contributed by atoms with E-state index in [1.165, 1.54) is 56.1 Å². The summed E-state index contributed by atoms with van der Waals surface area (Å²) >= 11 is 3.75. The minimum Gasteiger partial charge on any atom is -0.207 e. The smallest absolute Gasteiger partial charge is 0.123 e. The number of rotatable bonds is 6. The maximum Gasteiger partial charge on any atom is 0.123 e. The molecule has 0 N–H and O–H groups in total.